The van der Waals surface area contributed by atoms with E-state index in [4.69, 9.17) is 0 Å². The highest BCUT2D eigenvalue weighted by molar-refractivity contribution is 7.13. The number of anilines is 2. The maximum Gasteiger partial charge on any atom is 0.401 e. The first-order valence-electron chi connectivity index (χ1n) is 7.95. The molecular formula is C15H17F3N6OS. The molecule has 26 heavy (non-hydrogen) atoms. The smallest absolute Gasteiger partial charge is 0.370 e. The predicted molar refractivity (Wildman–Crippen MR) is 91.2 cm³/mol. The maximum atomic E-state index is 12.4. The summed E-state index contributed by atoms with van der Waals surface area (Å²) in [5.41, 5.74) is 1.89. The standard InChI is InChI=1S/C15H17F3N6OS/c16-15(17,18)8-24-4-3-10(7-24)5-19-12-2-1-11(6-20-12)13(25)22-14-23-21-9-26-14/h1-2,6,9-10H,3-5,7-8H2,(H,19,20)(H,22,23,25). The number of amides is 1. The van der Waals surface area contributed by atoms with E-state index in [1.807, 2.05) is 0 Å². The van der Waals surface area contributed by atoms with Gasteiger partial charge in [0.25, 0.3) is 5.91 Å². The van der Waals surface area contributed by atoms with Gasteiger partial charge >= 0.3 is 6.18 Å². The van der Waals surface area contributed by atoms with E-state index in [0.717, 1.165) is 0 Å². The second-order valence-electron chi connectivity index (χ2n) is 6.02. The first-order chi connectivity index (χ1) is 12.4. The fraction of sp³-hybridized carbons (Fsp3) is 0.467. The zero-order valence-corrected chi connectivity index (χ0v) is 14.5. The third-order valence-corrected chi connectivity index (χ3v) is 4.56. The van der Waals surface area contributed by atoms with E-state index in [1.54, 1.807) is 12.1 Å². The molecule has 0 bridgehead atoms. The summed E-state index contributed by atoms with van der Waals surface area (Å²) in [5, 5.41) is 13.5. The highest BCUT2D eigenvalue weighted by Crippen LogP contribution is 2.23. The van der Waals surface area contributed by atoms with E-state index in [9.17, 15) is 18.0 Å². The molecule has 0 spiro atoms. The molecule has 3 rings (SSSR count). The van der Waals surface area contributed by atoms with Crippen LogP contribution in [0.5, 0.6) is 0 Å². The average molecular weight is 386 g/mol. The lowest BCUT2D eigenvalue weighted by atomic mass is 10.1. The normalized spacial score (nSPS) is 18.0. The molecule has 1 saturated heterocycles. The lowest BCUT2D eigenvalue weighted by Gasteiger charge is -2.18. The zero-order valence-electron chi connectivity index (χ0n) is 13.7. The molecule has 1 fully saturated rings. The Morgan fingerprint density at radius 3 is 2.88 bits per heavy atom. The summed E-state index contributed by atoms with van der Waals surface area (Å²) in [6, 6.07) is 3.29. The van der Waals surface area contributed by atoms with Crippen molar-refractivity contribution >= 4 is 28.2 Å². The van der Waals surface area contributed by atoms with E-state index in [-0.39, 0.29) is 11.8 Å². The van der Waals surface area contributed by atoms with Crippen molar-refractivity contribution in [2.24, 2.45) is 5.92 Å². The fourth-order valence-corrected chi connectivity index (χ4v) is 3.20. The second-order valence-corrected chi connectivity index (χ2v) is 6.85. The number of rotatable bonds is 6. The SMILES string of the molecule is O=C(Nc1nncs1)c1ccc(NCC2CCN(CC(F)(F)F)C2)nc1. The maximum absolute atomic E-state index is 12.4. The Bertz CT molecular complexity index is 722. The van der Waals surface area contributed by atoms with Crippen molar-refractivity contribution in [2.45, 2.75) is 12.6 Å². The number of aromatic nitrogens is 3. The van der Waals surface area contributed by atoms with Gasteiger partial charge in [-0.3, -0.25) is 15.0 Å². The van der Waals surface area contributed by atoms with Gasteiger partial charge in [-0.25, -0.2) is 4.98 Å². The van der Waals surface area contributed by atoms with Crippen LogP contribution in [0.2, 0.25) is 0 Å². The number of nitrogens with zero attached hydrogens (tertiary/aromatic N) is 4. The van der Waals surface area contributed by atoms with Crippen molar-refractivity contribution in [3.63, 3.8) is 0 Å². The third-order valence-electron chi connectivity index (χ3n) is 3.95. The van der Waals surface area contributed by atoms with Crippen molar-refractivity contribution in [1.82, 2.24) is 20.1 Å². The summed E-state index contributed by atoms with van der Waals surface area (Å²) in [6.45, 7) is 0.538. The number of hydrogen-bond acceptors (Lipinski definition) is 7. The number of pyridine rings is 1. The van der Waals surface area contributed by atoms with Crippen LogP contribution in [0, 0.1) is 5.92 Å². The van der Waals surface area contributed by atoms with Crippen LogP contribution < -0.4 is 10.6 Å². The Hall–Kier alpha value is -2.27. The molecule has 1 aliphatic heterocycles. The summed E-state index contributed by atoms with van der Waals surface area (Å²) in [6.07, 6.45) is -2.01. The molecule has 2 aromatic rings. The molecule has 2 N–H and O–H groups in total. The molecular weight excluding hydrogens is 369 g/mol. The van der Waals surface area contributed by atoms with Crippen molar-refractivity contribution in [3.8, 4) is 0 Å². The van der Waals surface area contributed by atoms with Crippen molar-refractivity contribution < 1.29 is 18.0 Å². The minimum absolute atomic E-state index is 0.138. The summed E-state index contributed by atoms with van der Waals surface area (Å²) in [7, 11) is 0. The van der Waals surface area contributed by atoms with E-state index < -0.39 is 12.7 Å². The summed E-state index contributed by atoms with van der Waals surface area (Å²) < 4.78 is 37.2. The van der Waals surface area contributed by atoms with E-state index in [0.29, 0.717) is 42.6 Å². The molecule has 1 amide bonds. The largest absolute Gasteiger partial charge is 0.401 e. The van der Waals surface area contributed by atoms with Gasteiger partial charge in [-0.2, -0.15) is 13.2 Å². The fourth-order valence-electron chi connectivity index (χ4n) is 2.76. The Morgan fingerprint density at radius 1 is 1.38 bits per heavy atom. The minimum atomic E-state index is -4.16. The molecule has 1 atom stereocenters. The molecule has 0 aromatic carbocycles. The molecule has 140 valence electrons. The Kier molecular flexibility index (Phi) is 5.67. The molecule has 0 radical (unpaired) electrons. The van der Waals surface area contributed by atoms with E-state index in [2.05, 4.69) is 25.8 Å². The number of carbonyl (C=O) groups excluding carboxylic acids is 1. The number of nitrogens with one attached hydrogen (secondary N) is 2. The number of hydrogen-bond donors (Lipinski definition) is 2. The molecule has 0 aliphatic carbocycles. The van der Waals surface area contributed by atoms with E-state index in [1.165, 1.54) is 27.9 Å². The zero-order chi connectivity index (χ0) is 18.6. The van der Waals surface area contributed by atoms with Crippen molar-refractivity contribution in [2.75, 3.05) is 36.8 Å². The topological polar surface area (TPSA) is 83.0 Å². The molecule has 11 heteroatoms. The van der Waals surface area contributed by atoms with Crippen LogP contribution in [-0.2, 0) is 0 Å². The monoisotopic (exact) mass is 386 g/mol. The first kappa shape index (κ1) is 18.5. The molecule has 1 aliphatic rings. The molecule has 7 nitrogen and oxygen atoms in total. The lowest BCUT2D eigenvalue weighted by Crippen LogP contribution is -2.33. The van der Waals surface area contributed by atoms with Gasteiger partial charge < -0.3 is 5.32 Å². The van der Waals surface area contributed by atoms with Gasteiger partial charge in [0.15, 0.2) is 0 Å². The number of carbonyl (C=O) groups is 1. The highest BCUT2D eigenvalue weighted by Gasteiger charge is 2.34. The van der Waals surface area contributed by atoms with Crippen LogP contribution in [0.15, 0.2) is 23.8 Å². The van der Waals surface area contributed by atoms with Gasteiger partial charge in [0.05, 0.1) is 12.1 Å². The van der Waals surface area contributed by atoms with Gasteiger partial charge in [0, 0.05) is 19.3 Å². The van der Waals surface area contributed by atoms with Crippen LogP contribution in [0.4, 0.5) is 24.1 Å². The van der Waals surface area contributed by atoms with Crippen LogP contribution in [0.1, 0.15) is 16.8 Å². The van der Waals surface area contributed by atoms with E-state index >= 15 is 0 Å². The molecule has 0 saturated carbocycles. The quantitative estimate of drug-likeness (QED) is 0.794. The number of likely N-dealkylation sites (tertiary alicyclic amines) is 1. The van der Waals surface area contributed by atoms with Gasteiger partial charge in [-0.1, -0.05) is 11.3 Å². The van der Waals surface area contributed by atoms with Crippen molar-refractivity contribution in [3.05, 3.63) is 29.4 Å². The van der Waals surface area contributed by atoms with Gasteiger partial charge in [0.2, 0.25) is 5.13 Å². The van der Waals surface area contributed by atoms with Gasteiger partial charge in [-0.05, 0) is 31.0 Å². The average Bonchev–Trinajstić information content (AvgIpc) is 3.24. The Morgan fingerprint density at radius 2 is 2.23 bits per heavy atom. The van der Waals surface area contributed by atoms with Gasteiger partial charge in [0.1, 0.15) is 11.3 Å². The second kappa shape index (κ2) is 7.96. The molecule has 2 aromatic heterocycles. The number of alkyl halides is 3. The number of halogens is 3. The predicted octanol–water partition coefficient (Wildman–Crippen LogP) is 2.48. The van der Waals surface area contributed by atoms with Crippen LogP contribution in [0.25, 0.3) is 0 Å². The van der Waals surface area contributed by atoms with Crippen LogP contribution >= 0.6 is 11.3 Å². The summed E-state index contributed by atoms with van der Waals surface area (Å²) in [4.78, 5) is 17.6. The Balaban J connectivity index is 1.45. The lowest BCUT2D eigenvalue weighted by molar-refractivity contribution is -0.143. The molecule has 3 heterocycles. The molecule has 1 unspecified atom stereocenters. The van der Waals surface area contributed by atoms with Gasteiger partial charge in [-0.15, -0.1) is 10.2 Å². The summed E-state index contributed by atoms with van der Waals surface area (Å²) in [5.74, 6) is 0.380. The van der Waals surface area contributed by atoms with Crippen LogP contribution in [0.3, 0.4) is 0 Å². The first-order valence-corrected chi connectivity index (χ1v) is 8.83. The summed E-state index contributed by atoms with van der Waals surface area (Å²) >= 11 is 1.21. The Labute approximate surface area is 151 Å². The minimum Gasteiger partial charge on any atom is -0.370 e. The van der Waals surface area contributed by atoms with Crippen LogP contribution in [-0.4, -0.2) is 58.3 Å². The highest BCUT2D eigenvalue weighted by atomic mass is 32.1. The third kappa shape index (κ3) is 5.36. The van der Waals surface area contributed by atoms with Crippen molar-refractivity contribution in [1.29, 1.82) is 0 Å².